The van der Waals surface area contributed by atoms with Crippen molar-refractivity contribution < 1.29 is 9.47 Å². The summed E-state index contributed by atoms with van der Waals surface area (Å²) in [6.45, 7) is 8.34. The summed E-state index contributed by atoms with van der Waals surface area (Å²) in [5, 5.41) is 6.45. The molecule has 162 valence electrons. The van der Waals surface area contributed by atoms with E-state index in [1.807, 2.05) is 31.3 Å². The standard InChI is InChI=1S/C24H29N5O2/c1-17-13-19-14-20(7-8-21(19)27-17)31-24-23-18(2)22(15-29(23)26-16-25-24)30-12-6-11-28-9-4-3-5-10-28/h7-8,13-17H,3-6,9-12H2,1-2H3. The molecule has 5 rings (SSSR count). The number of hydrogen-bond acceptors (Lipinski definition) is 6. The van der Waals surface area contributed by atoms with Crippen molar-refractivity contribution in [3.8, 4) is 17.4 Å². The second kappa shape index (κ2) is 8.67. The molecule has 31 heavy (non-hydrogen) atoms. The van der Waals surface area contributed by atoms with Crippen molar-refractivity contribution in [2.24, 2.45) is 4.99 Å². The Morgan fingerprint density at radius 2 is 2.03 bits per heavy atom. The molecule has 0 N–H and O–H groups in total. The molecule has 0 amide bonds. The maximum Gasteiger partial charge on any atom is 0.247 e. The lowest BCUT2D eigenvalue weighted by atomic mass is 10.1. The van der Waals surface area contributed by atoms with Gasteiger partial charge in [0.1, 0.15) is 23.3 Å². The minimum Gasteiger partial charge on any atom is -0.492 e. The van der Waals surface area contributed by atoms with Gasteiger partial charge in [-0.3, -0.25) is 4.99 Å². The smallest absolute Gasteiger partial charge is 0.247 e. The Kier molecular flexibility index (Phi) is 5.59. The maximum atomic E-state index is 6.16. The van der Waals surface area contributed by atoms with E-state index in [0.29, 0.717) is 12.5 Å². The van der Waals surface area contributed by atoms with Crippen LogP contribution in [0.15, 0.2) is 35.7 Å². The van der Waals surface area contributed by atoms with E-state index in [1.165, 1.54) is 38.7 Å². The van der Waals surface area contributed by atoms with Gasteiger partial charge in [-0.1, -0.05) is 12.5 Å². The van der Waals surface area contributed by atoms with Crippen LogP contribution in [-0.4, -0.2) is 51.8 Å². The van der Waals surface area contributed by atoms with Crippen LogP contribution >= 0.6 is 0 Å². The van der Waals surface area contributed by atoms with E-state index in [2.05, 4.69) is 33.0 Å². The van der Waals surface area contributed by atoms with E-state index in [9.17, 15) is 0 Å². The highest BCUT2D eigenvalue weighted by Crippen LogP contribution is 2.31. The molecule has 0 spiro atoms. The van der Waals surface area contributed by atoms with Crippen molar-refractivity contribution in [1.82, 2.24) is 19.5 Å². The lowest BCUT2D eigenvalue weighted by molar-refractivity contribution is 0.204. The van der Waals surface area contributed by atoms with Gasteiger partial charge in [0.25, 0.3) is 0 Å². The van der Waals surface area contributed by atoms with Crippen LogP contribution in [0.3, 0.4) is 0 Å². The fourth-order valence-corrected chi connectivity index (χ4v) is 4.45. The molecule has 1 fully saturated rings. The third kappa shape index (κ3) is 4.28. The largest absolute Gasteiger partial charge is 0.492 e. The van der Waals surface area contributed by atoms with Gasteiger partial charge in [-0.15, -0.1) is 0 Å². The van der Waals surface area contributed by atoms with Gasteiger partial charge in [-0.05, 0) is 64.4 Å². The monoisotopic (exact) mass is 419 g/mol. The number of hydrogen-bond donors (Lipinski definition) is 0. The van der Waals surface area contributed by atoms with Crippen LogP contribution < -0.4 is 20.0 Å². The number of nitrogens with zero attached hydrogens (tertiary/aromatic N) is 5. The zero-order valence-corrected chi connectivity index (χ0v) is 18.3. The molecular formula is C24H29N5O2. The second-order valence-electron chi connectivity index (χ2n) is 8.44. The zero-order chi connectivity index (χ0) is 21.2. The summed E-state index contributed by atoms with van der Waals surface area (Å²) in [7, 11) is 0. The first-order valence-electron chi connectivity index (χ1n) is 11.2. The highest BCUT2D eigenvalue weighted by atomic mass is 16.5. The van der Waals surface area contributed by atoms with E-state index in [1.54, 1.807) is 4.52 Å². The van der Waals surface area contributed by atoms with Gasteiger partial charge in [0.2, 0.25) is 5.88 Å². The molecule has 0 saturated carbocycles. The van der Waals surface area contributed by atoms with E-state index >= 15 is 0 Å². The lowest BCUT2D eigenvalue weighted by Crippen LogP contribution is -2.31. The average molecular weight is 420 g/mol. The molecule has 7 nitrogen and oxygen atoms in total. The lowest BCUT2D eigenvalue weighted by Gasteiger charge is -2.26. The molecule has 0 radical (unpaired) electrons. The molecule has 1 atom stereocenters. The first kappa shape index (κ1) is 20.0. The molecule has 2 aromatic heterocycles. The fourth-order valence-electron chi connectivity index (χ4n) is 4.45. The van der Waals surface area contributed by atoms with Gasteiger partial charge in [-0.2, -0.15) is 10.1 Å². The molecule has 1 saturated heterocycles. The van der Waals surface area contributed by atoms with Crippen LogP contribution in [-0.2, 0) is 0 Å². The van der Waals surface area contributed by atoms with Crippen LogP contribution in [0.2, 0.25) is 0 Å². The minimum atomic E-state index is 0.207. The number of benzene rings is 1. The van der Waals surface area contributed by atoms with Crippen LogP contribution in [0.5, 0.6) is 17.4 Å². The Labute approximate surface area is 182 Å². The predicted molar refractivity (Wildman–Crippen MR) is 119 cm³/mol. The average Bonchev–Trinajstić information content (AvgIpc) is 3.31. The first-order chi connectivity index (χ1) is 15.2. The Bertz CT molecular complexity index is 1200. The quantitative estimate of drug-likeness (QED) is 0.551. The number of aromatic nitrogens is 3. The van der Waals surface area contributed by atoms with E-state index in [4.69, 9.17) is 9.47 Å². The third-order valence-corrected chi connectivity index (χ3v) is 6.05. The van der Waals surface area contributed by atoms with Crippen LogP contribution in [0.25, 0.3) is 11.6 Å². The molecule has 1 aromatic carbocycles. The van der Waals surface area contributed by atoms with Crippen molar-refractivity contribution in [3.63, 3.8) is 0 Å². The van der Waals surface area contributed by atoms with Crippen molar-refractivity contribution in [3.05, 3.63) is 46.9 Å². The Morgan fingerprint density at radius 3 is 2.90 bits per heavy atom. The van der Waals surface area contributed by atoms with Crippen molar-refractivity contribution in [2.75, 3.05) is 26.2 Å². The molecule has 3 aromatic rings. The van der Waals surface area contributed by atoms with Crippen LogP contribution in [0.4, 0.5) is 0 Å². The molecule has 2 aliphatic rings. The normalized spacial score (nSPS) is 18.5. The number of fused-ring (bicyclic) bond motifs is 2. The zero-order valence-electron chi connectivity index (χ0n) is 18.3. The predicted octanol–water partition coefficient (Wildman–Crippen LogP) is 2.89. The van der Waals surface area contributed by atoms with Crippen molar-refractivity contribution >= 4 is 11.6 Å². The number of piperidine rings is 1. The highest BCUT2D eigenvalue weighted by Gasteiger charge is 2.16. The van der Waals surface area contributed by atoms with Crippen molar-refractivity contribution in [2.45, 2.75) is 45.6 Å². The summed E-state index contributed by atoms with van der Waals surface area (Å²) in [6, 6.07) is 6.14. The van der Waals surface area contributed by atoms with E-state index < -0.39 is 0 Å². The summed E-state index contributed by atoms with van der Waals surface area (Å²) in [5.74, 6) is 2.10. The molecule has 4 heterocycles. The topological polar surface area (TPSA) is 64.2 Å². The Hall–Kier alpha value is -2.93. The summed E-state index contributed by atoms with van der Waals surface area (Å²) < 4.78 is 14.0. The molecule has 1 unspecified atom stereocenters. The number of ether oxygens (including phenoxy) is 2. The minimum absolute atomic E-state index is 0.207. The fraction of sp³-hybridized carbons (Fsp3) is 0.458. The van der Waals surface area contributed by atoms with Crippen LogP contribution in [0, 0.1) is 6.92 Å². The van der Waals surface area contributed by atoms with E-state index in [-0.39, 0.29) is 6.04 Å². The van der Waals surface area contributed by atoms with Crippen LogP contribution in [0.1, 0.15) is 38.2 Å². The number of likely N-dealkylation sites (tertiary alicyclic amines) is 1. The Morgan fingerprint density at radius 1 is 1.16 bits per heavy atom. The van der Waals surface area contributed by atoms with Crippen molar-refractivity contribution in [1.29, 1.82) is 0 Å². The molecular weight excluding hydrogens is 390 g/mol. The third-order valence-electron chi connectivity index (χ3n) is 6.05. The van der Waals surface area contributed by atoms with Gasteiger partial charge in [0.05, 0.1) is 24.2 Å². The summed E-state index contributed by atoms with van der Waals surface area (Å²) >= 11 is 0. The summed E-state index contributed by atoms with van der Waals surface area (Å²) in [4.78, 5) is 11.5. The van der Waals surface area contributed by atoms with E-state index in [0.717, 1.165) is 46.1 Å². The first-order valence-corrected chi connectivity index (χ1v) is 11.2. The van der Waals surface area contributed by atoms with Gasteiger partial charge in [0, 0.05) is 17.3 Å². The molecule has 0 aliphatic carbocycles. The SMILES string of the molecule is Cc1c(OCCCN2CCCCC2)cn2ncnc(Oc3ccc4c(c3)=CC(C)N=4)c12. The summed E-state index contributed by atoms with van der Waals surface area (Å²) in [6.07, 6.45) is 10.6. The maximum absolute atomic E-state index is 6.16. The Balaban J connectivity index is 1.30. The number of rotatable bonds is 7. The molecule has 0 bridgehead atoms. The molecule has 2 aliphatic heterocycles. The van der Waals surface area contributed by atoms with Gasteiger partial charge in [0.15, 0.2) is 0 Å². The molecule has 7 heteroatoms. The second-order valence-corrected chi connectivity index (χ2v) is 8.44. The van der Waals surface area contributed by atoms with Gasteiger partial charge < -0.3 is 14.4 Å². The highest BCUT2D eigenvalue weighted by molar-refractivity contribution is 5.67. The van der Waals surface area contributed by atoms with Gasteiger partial charge >= 0.3 is 0 Å². The summed E-state index contributed by atoms with van der Waals surface area (Å²) in [5.41, 5.74) is 1.82. The van der Waals surface area contributed by atoms with Gasteiger partial charge in [-0.25, -0.2) is 4.52 Å². The number of aryl methyl sites for hydroxylation is 1.